The van der Waals surface area contributed by atoms with Gasteiger partial charge in [-0.3, -0.25) is 9.13 Å². The van der Waals surface area contributed by atoms with Crippen LogP contribution >= 0.6 is 0 Å². The van der Waals surface area contributed by atoms with Crippen molar-refractivity contribution < 1.29 is 27.4 Å². The van der Waals surface area contributed by atoms with Crippen LogP contribution in [-0.4, -0.2) is 24.1 Å². The molecular weight excluding hydrogens is 683 g/mol. The van der Waals surface area contributed by atoms with Crippen LogP contribution in [0.5, 0.6) is 0 Å². The molecule has 0 bridgehead atoms. The van der Waals surface area contributed by atoms with Gasteiger partial charge < -0.3 is 0 Å². The molecule has 0 aliphatic heterocycles. The smallest absolute Gasteiger partial charge is 0.240 e. The van der Waals surface area contributed by atoms with Gasteiger partial charge in [0.05, 0.1) is 49.5 Å². The zero-order valence-corrected chi connectivity index (χ0v) is 28.7. The zero-order valence-electron chi connectivity index (χ0n) is 48.7. The second-order valence-electron chi connectivity index (χ2n) is 12.6. The Kier molecular flexibility index (Phi) is 4.12. The molecule has 11 rings (SSSR count). The highest BCUT2D eigenvalue weighted by Crippen LogP contribution is 2.38. The first-order chi connectivity index (χ1) is 36.1. The quantitative estimate of drug-likeness (QED) is 0.171. The van der Waals surface area contributed by atoms with Gasteiger partial charge in [-0.2, -0.15) is 15.0 Å². The second-order valence-corrected chi connectivity index (χ2v) is 12.6. The fourth-order valence-corrected chi connectivity index (χ4v) is 6.91. The summed E-state index contributed by atoms with van der Waals surface area (Å²) in [5, 5.41) is -1.43. The van der Waals surface area contributed by atoms with E-state index in [1.54, 1.807) is 24.3 Å². The van der Waals surface area contributed by atoms with E-state index >= 15 is 0 Å². The number of fused-ring (bicyclic) bond motifs is 6. The van der Waals surface area contributed by atoms with Gasteiger partial charge in [0.15, 0.2) is 5.82 Å². The molecule has 8 aromatic carbocycles. The number of hydrogen-bond donors (Lipinski definition) is 0. The van der Waals surface area contributed by atoms with Crippen molar-refractivity contribution in [1.29, 1.82) is 0 Å². The molecule has 262 valence electrons. The third kappa shape index (κ3) is 5.21. The van der Waals surface area contributed by atoms with E-state index in [-0.39, 0.29) is 38.6 Å². The van der Waals surface area contributed by atoms with Crippen LogP contribution in [0.2, 0.25) is 0 Å². The molecular formula is C51H33N5. The van der Waals surface area contributed by atoms with Crippen molar-refractivity contribution in [3.63, 3.8) is 0 Å². The Balaban J connectivity index is 1.35. The monoisotopic (exact) mass is 735 g/mol. The van der Waals surface area contributed by atoms with Gasteiger partial charge in [-0.05, 0) is 57.6 Å². The van der Waals surface area contributed by atoms with Crippen LogP contribution in [-0.2, 0) is 0 Å². The average molecular weight is 736 g/mol. The molecule has 3 aromatic heterocycles. The number of rotatable bonds is 6. The highest BCUT2D eigenvalue weighted by atomic mass is 15.3. The fourth-order valence-electron chi connectivity index (χ4n) is 6.91. The molecule has 0 radical (unpaired) electrons. The van der Waals surface area contributed by atoms with Crippen molar-refractivity contribution in [2.24, 2.45) is 0 Å². The summed E-state index contributed by atoms with van der Waals surface area (Å²) in [6, 6.07) is 8.86. The van der Waals surface area contributed by atoms with Crippen LogP contribution in [0.4, 0.5) is 0 Å². The Labute approximate surface area is 351 Å². The van der Waals surface area contributed by atoms with Gasteiger partial charge in [-0.1, -0.05) is 176 Å². The number of benzene rings is 8. The van der Waals surface area contributed by atoms with E-state index in [9.17, 15) is 9.60 Å². The largest absolute Gasteiger partial charge is 0.278 e. The molecule has 56 heavy (non-hydrogen) atoms. The summed E-state index contributed by atoms with van der Waals surface area (Å²) in [6.07, 6.45) is 0. The third-order valence-corrected chi connectivity index (χ3v) is 9.42. The molecule has 3 heterocycles. The number of hydrogen-bond acceptors (Lipinski definition) is 3. The van der Waals surface area contributed by atoms with Crippen molar-refractivity contribution in [3.8, 4) is 56.7 Å². The minimum absolute atomic E-state index is 0.226. The Morgan fingerprint density at radius 1 is 0.339 bits per heavy atom. The van der Waals surface area contributed by atoms with Crippen LogP contribution in [0.1, 0.15) is 27.4 Å². The van der Waals surface area contributed by atoms with Gasteiger partial charge in [0.25, 0.3) is 0 Å². The maximum Gasteiger partial charge on any atom is 0.240 e. The summed E-state index contributed by atoms with van der Waals surface area (Å²) >= 11 is 0. The molecule has 0 atom stereocenters. The maximum absolute atomic E-state index is 9.90. The van der Waals surface area contributed by atoms with Crippen LogP contribution in [0.25, 0.3) is 100 Å². The molecule has 0 amide bonds. The SMILES string of the molecule is [2H]c1c([2H])c([2H])c(-c2c([2H])c([2H])c3c4c([2H])c([2H])c([2H])c([2H])c4n(-c4nc(-c5ccccc5-c5ccc(-c6ccccc6)cc5)nc(-n5c6c([2H])c([2H])c([2H])c([2H])c6c6c([2H])c([2H])c([2H])c([2H])c65)n4)c3c2[2H])c([2H])c1[2H]. The van der Waals surface area contributed by atoms with E-state index in [1.165, 1.54) is 0 Å². The summed E-state index contributed by atoms with van der Waals surface area (Å²) in [7, 11) is 0. The van der Waals surface area contributed by atoms with Gasteiger partial charge >= 0.3 is 0 Å². The Morgan fingerprint density at radius 2 is 0.821 bits per heavy atom. The van der Waals surface area contributed by atoms with E-state index in [2.05, 4.69) is 0 Å². The predicted molar refractivity (Wildman–Crippen MR) is 230 cm³/mol. The lowest BCUT2D eigenvalue weighted by atomic mass is 9.96. The first kappa shape index (κ1) is 17.7. The van der Waals surface area contributed by atoms with Crippen LogP contribution in [0, 0.1) is 0 Å². The molecule has 11 aromatic rings. The lowest BCUT2D eigenvalue weighted by Crippen LogP contribution is -2.10. The molecule has 0 unspecified atom stereocenters. The van der Waals surface area contributed by atoms with Crippen LogP contribution < -0.4 is 0 Å². The summed E-state index contributed by atoms with van der Waals surface area (Å²) in [4.78, 5) is 14.7. The minimum Gasteiger partial charge on any atom is -0.278 e. The van der Waals surface area contributed by atoms with Gasteiger partial charge in [0.1, 0.15) is 0 Å². The van der Waals surface area contributed by atoms with Gasteiger partial charge in [-0.15, -0.1) is 0 Å². The second kappa shape index (κ2) is 13.0. The van der Waals surface area contributed by atoms with Crippen molar-refractivity contribution in [2.45, 2.75) is 0 Å². The number of para-hydroxylation sites is 3. The van der Waals surface area contributed by atoms with Crippen LogP contribution in [0.3, 0.4) is 0 Å². The van der Waals surface area contributed by atoms with E-state index < -0.39 is 160 Å². The molecule has 0 saturated heterocycles. The van der Waals surface area contributed by atoms with Gasteiger partial charge in [-0.25, -0.2) is 0 Å². The molecule has 5 nitrogen and oxygen atoms in total. The van der Waals surface area contributed by atoms with Crippen molar-refractivity contribution in [2.75, 3.05) is 0 Å². The molecule has 0 fully saturated rings. The highest BCUT2D eigenvalue weighted by Gasteiger charge is 2.22. The molecule has 0 saturated carbocycles. The summed E-state index contributed by atoms with van der Waals surface area (Å²) < 4.78 is 181. The highest BCUT2D eigenvalue weighted by molar-refractivity contribution is 6.10. The normalized spacial score (nSPS) is 16.6. The maximum atomic E-state index is 9.90. The summed E-state index contributed by atoms with van der Waals surface area (Å²) in [5.74, 6) is -1.37. The first-order valence-corrected chi connectivity index (χ1v) is 17.2. The lowest BCUT2D eigenvalue weighted by Gasteiger charge is -2.15. The van der Waals surface area contributed by atoms with E-state index in [1.807, 2.05) is 54.6 Å². The Bertz CT molecular complexity index is 4300. The van der Waals surface area contributed by atoms with Gasteiger partial charge in [0.2, 0.25) is 11.9 Å². The topological polar surface area (TPSA) is 48.5 Å². The van der Waals surface area contributed by atoms with E-state index in [0.29, 0.717) is 11.1 Å². The summed E-state index contributed by atoms with van der Waals surface area (Å²) in [5.41, 5.74) is 0.284. The van der Waals surface area contributed by atoms with Crippen molar-refractivity contribution in [1.82, 2.24) is 24.1 Å². The molecule has 5 heteroatoms. The van der Waals surface area contributed by atoms with E-state index in [0.717, 1.165) is 20.3 Å². The molecule has 0 N–H and O–H groups in total. The Morgan fingerprint density at radius 3 is 1.45 bits per heavy atom. The zero-order chi connectivity index (χ0) is 54.4. The number of aromatic nitrogens is 5. The molecule has 0 spiro atoms. The first-order valence-electron chi connectivity index (χ1n) is 27.2. The van der Waals surface area contributed by atoms with Crippen LogP contribution in [0.15, 0.2) is 200 Å². The molecule has 0 aliphatic rings. The lowest BCUT2D eigenvalue weighted by molar-refractivity contribution is 0.893. The van der Waals surface area contributed by atoms with E-state index in [4.69, 9.17) is 32.8 Å². The van der Waals surface area contributed by atoms with Gasteiger partial charge in [0, 0.05) is 27.1 Å². The minimum atomic E-state index is -0.822. The standard InChI is InChI=1S/C51H33N5/c1-3-15-34(16-4-1)36-27-29-37(30-28-36)39-19-7-8-23-44(39)49-52-50(55-45-24-12-9-20-40(45)41-21-10-13-25-46(41)55)54-51(53-49)56-47-26-14-11-22-42(47)43-32-31-38(33-48(43)56)35-17-5-2-6-18-35/h1-33H/i2D,5D,6D,9D,10D,11D,12D,13D,14D,17D,18D,20D,21D,22D,24D,25D,26D,31D,32D,33D. The van der Waals surface area contributed by atoms with Crippen molar-refractivity contribution in [3.05, 3.63) is 200 Å². The Hall–Kier alpha value is -7.63. The number of nitrogens with zero attached hydrogens (tertiary/aromatic N) is 5. The van der Waals surface area contributed by atoms with Crippen molar-refractivity contribution >= 4 is 43.6 Å². The predicted octanol–water partition coefficient (Wildman–Crippen LogP) is 12.7. The third-order valence-electron chi connectivity index (χ3n) is 9.42. The summed E-state index contributed by atoms with van der Waals surface area (Å²) in [6.45, 7) is 0. The fraction of sp³-hybridized carbons (Fsp3) is 0. The molecule has 0 aliphatic carbocycles. The average Bonchev–Trinajstić information content (AvgIpc) is 4.10.